The molecule has 1 saturated carbocycles. The summed E-state index contributed by atoms with van der Waals surface area (Å²) in [6.45, 7) is 0. The summed E-state index contributed by atoms with van der Waals surface area (Å²) in [5.41, 5.74) is 4.12. The fourth-order valence-corrected chi connectivity index (χ4v) is 2.39. The van der Waals surface area contributed by atoms with Gasteiger partial charge in [-0.3, -0.25) is 16.3 Å². The number of nitrogens with two attached hydrogens (primary N) is 1. The van der Waals surface area contributed by atoms with E-state index in [0.29, 0.717) is 5.92 Å². The van der Waals surface area contributed by atoms with Gasteiger partial charge < -0.3 is 0 Å². The molecule has 2 rings (SSSR count). The minimum atomic E-state index is 0.265. The molecule has 0 bridgehead atoms. The van der Waals surface area contributed by atoms with Crippen LogP contribution in [0.4, 0.5) is 0 Å². The Balaban J connectivity index is 2.22. The lowest BCUT2D eigenvalue weighted by Gasteiger charge is -2.33. The summed E-state index contributed by atoms with van der Waals surface area (Å²) in [5, 5.41) is 0. The first kappa shape index (κ1) is 10.1. The topological polar surface area (TPSA) is 50.9 Å². The zero-order valence-corrected chi connectivity index (χ0v) is 9.50. The smallest absolute Gasteiger partial charge is 0.0500 e. The highest BCUT2D eigenvalue weighted by Gasteiger charge is 2.28. The van der Waals surface area contributed by atoms with Crippen LogP contribution in [-0.4, -0.2) is 4.98 Å². The number of nitrogens with one attached hydrogen (secondary N) is 1. The van der Waals surface area contributed by atoms with Gasteiger partial charge in [-0.2, -0.15) is 0 Å². The van der Waals surface area contributed by atoms with E-state index >= 15 is 0 Å². The second-order valence-electron chi connectivity index (χ2n) is 3.73. The molecule has 1 aliphatic rings. The minimum Gasteiger partial charge on any atom is -0.271 e. The number of halogens is 1. The van der Waals surface area contributed by atoms with Gasteiger partial charge in [0.15, 0.2) is 0 Å². The molecule has 0 aliphatic heterocycles. The van der Waals surface area contributed by atoms with Crippen LogP contribution in [-0.2, 0) is 0 Å². The lowest BCUT2D eigenvalue weighted by molar-refractivity contribution is 0.231. The van der Waals surface area contributed by atoms with E-state index in [1.54, 1.807) is 0 Å². The van der Waals surface area contributed by atoms with Crippen molar-refractivity contribution < 1.29 is 0 Å². The van der Waals surface area contributed by atoms with E-state index in [1.165, 1.54) is 24.8 Å². The van der Waals surface area contributed by atoms with E-state index in [4.69, 9.17) is 5.84 Å². The summed E-state index contributed by atoms with van der Waals surface area (Å²) >= 11 is 3.50. The second-order valence-corrected chi connectivity index (χ2v) is 4.59. The highest BCUT2D eigenvalue weighted by molar-refractivity contribution is 9.10. The highest BCUT2D eigenvalue weighted by Crippen LogP contribution is 2.39. The van der Waals surface area contributed by atoms with Crippen molar-refractivity contribution >= 4 is 15.9 Å². The highest BCUT2D eigenvalue weighted by atomic mass is 79.9. The number of hydrogen-bond acceptors (Lipinski definition) is 3. The Labute approximate surface area is 92.2 Å². The summed E-state index contributed by atoms with van der Waals surface area (Å²) < 4.78 is 1.04. The molecule has 0 amide bonds. The molecule has 1 heterocycles. The number of hydrazine groups is 1. The molecule has 0 spiro atoms. The van der Waals surface area contributed by atoms with Crippen molar-refractivity contribution in [2.45, 2.75) is 25.3 Å². The maximum absolute atomic E-state index is 5.59. The van der Waals surface area contributed by atoms with Crippen molar-refractivity contribution in [3.63, 3.8) is 0 Å². The molecule has 3 N–H and O–H groups in total. The molecule has 1 unspecified atom stereocenters. The molecule has 1 aliphatic carbocycles. The first-order chi connectivity index (χ1) is 6.83. The molecule has 3 nitrogen and oxygen atoms in total. The summed E-state index contributed by atoms with van der Waals surface area (Å²) in [6, 6.07) is 2.29. The molecule has 1 aromatic heterocycles. The van der Waals surface area contributed by atoms with Crippen LogP contribution in [0.15, 0.2) is 22.9 Å². The van der Waals surface area contributed by atoms with Crippen LogP contribution < -0.4 is 11.3 Å². The number of hydrogen-bond donors (Lipinski definition) is 2. The van der Waals surface area contributed by atoms with Gasteiger partial charge >= 0.3 is 0 Å². The van der Waals surface area contributed by atoms with Crippen molar-refractivity contribution in [2.75, 3.05) is 0 Å². The van der Waals surface area contributed by atoms with Gasteiger partial charge in [-0.1, -0.05) is 6.42 Å². The Hall–Kier alpha value is -0.450. The number of nitrogens with zero attached hydrogens (tertiary/aromatic N) is 1. The summed E-state index contributed by atoms with van der Waals surface area (Å²) in [5.74, 6) is 6.27. The average molecular weight is 256 g/mol. The van der Waals surface area contributed by atoms with Crippen LogP contribution in [0.2, 0.25) is 0 Å². The predicted molar refractivity (Wildman–Crippen MR) is 59.3 cm³/mol. The van der Waals surface area contributed by atoms with Gasteiger partial charge in [0.05, 0.1) is 0 Å². The van der Waals surface area contributed by atoms with E-state index in [1.807, 2.05) is 18.5 Å². The Morgan fingerprint density at radius 2 is 2.36 bits per heavy atom. The molecule has 0 radical (unpaired) electrons. The van der Waals surface area contributed by atoms with Crippen LogP contribution in [0, 0.1) is 5.92 Å². The first-order valence-electron chi connectivity index (χ1n) is 4.88. The summed E-state index contributed by atoms with van der Waals surface area (Å²) in [4.78, 5) is 4.05. The number of aromatic nitrogens is 1. The Morgan fingerprint density at radius 3 is 2.86 bits per heavy atom. The van der Waals surface area contributed by atoms with Crippen LogP contribution in [0.3, 0.4) is 0 Å². The van der Waals surface area contributed by atoms with Crippen LogP contribution in [0.5, 0.6) is 0 Å². The van der Waals surface area contributed by atoms with Crippen LogP contribution in [0.1, 0.15) is 30.9 Å². The van der Waals surface area contributed by atoms with Crippen molar-refractivity contribution in [2.24, 2.45) is 11.8 Å². The number of pyridine rings is 1. The van der Waals surface area contributed by atoms with Gasteiger partial charge in [-0.25, -0.2) is 0 Å². The van der Waals surface area contributed by atoms with Gasteiger partial charge in [0.1, 0.15) is 0 Å². The van der Waals surface area contributed by atoms with Crippen molar-refractivity contribution in [3.05, 3.63) is 28.5 Å². The molecule has 0 aromatic carbocycles. The molecule has 14 heavy (non-hydrogen) atoms. The molecular formula is C10H14BrN3. The van der Waals surface area contributed by atoms with Gasteiger partial charge in [-0.05, 0) is 46.3 Å². The van der Waals surface area contributed by atoms with Gasteiger partial charge in [0.2, 0.25) is 0 Å². The maximum atomic E-state index is 5.59. The zero-order chi connectivity index (χ0) is 9.97. The van der Waals surface area contributed by atoms with E-state index in [0.717, 1.165) is 4.47 Å². The monoisotopic (exact) mass is 255 g/mol. The van der Waals surface area contributed by atoms with E-state index in [2.05, 4.69) is 26.3 Å². The fraction of sp³-hybridized carbons (Fsp3) is 0.500. The molecule has 1 fully saturated rings. The third kappa shape index (κ3) is 1.82. The van der Waals surface area contributed by atoms with E-state index in [-0.39, 0.29) is 6.04 Å². The Morgan fingerprint density at radius 1 is 1.57 bits per heavy atom. The van der Waals surface area contributed by atoms with Crippen LogP contribution in [0.25, 0.3) is 0 Å². The lowest BCUT2D eigenvalue weighted by atomic mass is 9.77. The predicted octanol–water partition coefficient (Wildman–Crippen LogP) is 2.15. The second kappa shape index (κ2) is 4.38. The SMILES string of the molecule is NNC(c1ccncc1Br)C1CCC1. The molecule has 76 valence electrons. The minimum absolute atomic E-state index is 0.265. The van der Waals surface area contributed by atoms with Crippen molar-refractivity contribution in [1.29, 1.82) is 0 Å². The third-order valence-electron chi connectivity index (χ3n) is 2.94. The normalized spacial score (nSPS) is 19.0. The van der Waals surface area contributed by atoms with Crippen LogP contribution >= 0.6 is 15.9 Å². The van der Waals surface area contributed by atoms with Gasteiger partial charge in [-0.15, -0.1) is 0 Å². The zero-order valence-electron chi connectivity index (χ0n) is 7.91. The van der Waals surface area contributed by atoms with Gasteiger partial charge in [0.25, 0.3) is 0 Å². The molecular weight excluding hydrogens is 242 g/mol. The summed E-state index contributed by atoms with van der Waals surface area (Å²) in [6.07, 6.45) is 7.49. The molecule has 1 aromatic rings. The summed E-state index contributed by atoms with van der Waals surface area (Å²) in [7, 11) is 0. The lowest BCUT2D eigenvalue weighted by Crippen LogP contribution is -2.36. The Bertz CT molecular complexity index is 312. The van der Waals surface area contributed by atoms with Crippen molar-refractivity contribution in [1.82, 2.24) is 10.4 Å². The van der Waals surface area contributed by atoms with Gasteiger partial charge in [0, 0.05) is 22.9 Å². The molecule has 0 saturated heterocycles. The largest absolute Gasteiger partial charge is 0.271 e. The van der Waals surface area contributed by atoms with E-state index < -0.39 is 0 Å². The maximum Gasteiger partial charge on any atom is 0.0500 e. The third-order valence-corrected chi connectivity index (χ3v) is 3.60. The fourth-order valence-electron chi connectivity index (χ4n) is 1.89. The molecule has 4 heteroatoms. The standard InChI is InChI=1S/C10H14BrN3/c11-9-6-13-5-4-8(9)10(14-12)7-2-1-3-7/h4-7,10,14H,1-3,12H2. The quantitative estimate of drug-likeness (QED) is 0.643. The number of rotatable bonds is 3. The molecule has 1 atom stereocenters. The Kier molecular flexibility index (Phi) is 3.15. The van der Waals surface area contributed by atoms with E-state index in [9.17, 15) is 0 Å². The average Bonchev–Trinajstić information content (AvgIpc) is 2.12. The van der Waals surface area contributed by atoms with Crippen molar-refractivity contribution in [3.8, 4) is 0 Å². The first-order valence-corrected chi connectivity index (χ1v) is 5.67.